The van der Waals surface area contributed by atoms with Gasteiger partial charge in [-0.05, 0) is 37.9 Å². The predicted molar refractivity (Wildman–Crippen MR) is 55.7 cm³/mol. The zero-order valence-corrected chi connectivity index (χ0v) is 8.52. The minimum absolute atomic E-state index is 0.0654. The van der Waals surface area contributed by atoms with Gasteiger partial charge < -0.3 is 5.32 Å². The number of halogens is 1. The quantitative estimate of drug-likeness (QED) is 0.723. The molecule has 0 amide bonds. The normalized spacial score (nSPS) is 22.3. The maximum absolute atomic E-state index is 13.6. The first-order chi connectivity index (χ1) is 6.79. The molecule has 1 aromatic carbocycles. The molecule has 1 N–H and O–H groups in total. The summed E-state index contributed by atoms with van der Waals surface area (Å²) < 4.78 is 13.6. The Kier molecular flexibility index (Phi) is 2.82. The summed E-state index contributed by atoms with van der Waals surface area (Å²) in [5.74, 6) is -0.0654. The van der Waals surface area contributed by atoms with Crippen molar-refractivity contribution < 1.29 is 4.39 Å². The molecular weight excluding hydrogens is 177 g/mol. The van der Waals surface area contributed by atoms with Crippen LogP contribution in [0.1, 0.15) is 36.4 Å². The molecule has 1 saturated heterocycles. The Morgan fingerprint density at radius 3 is 2.86 bits per heavy atom. The van der Waals surface area contributed by atoms with E-state index in [1.807, 2.05) is 13.0 Å². The van der Waals surface area contributed by atoms with Gasteiger partial charge in [0.2, 0.25) is 0 Å². The summed E-state index contributed by atoms with van der Waals surface area (Å²) in [5.41, 5.74) is 1.93. The SMILES string of the molecule is Cc1cccc(F)c1C1CCCCN1. The first kappa shape index (κ1) is 9.66. The monoisotopic (exact) mass is 193 g/mol. The van der Waals surface area contributed by atoms with Crippen LogP contribution in [-0.4, -0.2) is 6.54 Å². The van der Waals surface area contributed by atoms with Crippen LogP contribution in [0.25, 0.3) is 0 Å². The molecule has 76 valence electrons. The maximum atomic E-state index is 13.6. The number of rotatable bonds is 1. The Hall–Kier alpha value is -0.890. The van der Waals surface area contributed by atoms with E-state index in [9.17, 15) is 4.39 Å². The summed E-state index contributed by atoms with van der Waals surface area (Å²) >= 11 is 0. The molecule has 1 aliphatic rings. The number of nitrogens with one attached hydrogen (secondary N) is 1. The van der Waals surface area contributed by atoms with E-state index in [-0.39, 0.29) is 11.9 Å². The fourth-order valence-corrected chi connectivity index (χ4v) is 2.18. The van der Waals surface area contributed by atoms with Crippen molar-refractivity contribution in [2.45, 2.75) is 32.2 Å². The number of hydrogen-bond acceptors (Lipinski definition) is 1. The molecule has 1 unspecified atom stereocenters. The van der Waals surface area contributed by atoms with E-state index in [2.05, 4.69) is 5.32 Å². The highest BCUT2D eigenvalue weighted by Gasteiger charge is 2.19. The van der Waals surface area contributed by atoms with E-state index in [1.54, 1.807) is 12.1 Å². The van der Waals surface area contributed by atoms with Crippen molar-refractivity contribution in [2.24, 2.45) is 0 Å². The maximum Gasteiger partial charge on any atom is 0.128 e. The largest absolute Gasteiger partial charge is 0.310 e. The number of hydrogen-bond donors (Lipinski definition) is 1. The van der Waals surface area contributed by atoms with Gasteiger partial charge in [0.1, 0.15) is 5.82 Å². The molecular formula is C12H16FN. The van der Waals surface area contributed by atoms with Gasteiger partial charge in [-0.25, -0.2) is 4.39 Å². The summed E-state index contributed by atoms with van der Waals surface area (Å²) in [5, 5.41) is 3.38. The topological polar surface area (TPSA) is 12.0 Å². The summed E-state index contributed by atoms with van der Waals surface area (Å²) in [6, 6.07) is 5.54. The second-order valence-corrected chi connectivity index (χ2v) is 3.97. The lowest BCUT2D eigenvalue weighted by molar-refractivity contribution is 0.398. The summed E-state index contributed by atoms with van der Waals surface area (Å²) in [4.78, 5) is 0. The second kappa shape index (κ2) is 4.09. The molecule has 1 atom stereocenters. The third-order valence-electron chi connectivity index (χ3n) is 2.93. The third-order valence-corrected chi connectivity index (χ3v) is 2.93. The Balaban J connectivity index is 2.29. The molecule has 0 spiro atoms. The van der Waals surface area contributed by atoms with Crippen molar-refractivity contribution in [3.05, 3.63) is 35.1 Å². The van der Waals surface area contributed by atoms with E-state index in [4.69, 9.17) is 0 Å². The predicted octanol–water partition coefficient (Wildman–Crippen LogP) is 2.95. The van der Waals surface area contributed by atoms with Crippen molar-refractivity contribution in [3.8, 4) is 0 Å². The Labute approximate surface area is 84.3 Å². The van der Waals surface area contributed by atoms with E-state index in [1.165, 1.54) is 12.8 Å². The van der Waals surface area contributed by atoms with Crippen LogP contribution in [0.4, 0.5) is 4.39 Å². The lowest BCUT2D eigenvalue weighted by Crippen LogP contribution is -2.28. The van der Waals surface area contributed by atoms with Gasteiger partial charge >= 0.3 is 0 Å². The zero-order chi connectivity index (χ0) is 9.97. The highest BCUT2D eigenvalue weighted by atomic mass is 19.1. The van der Waals surface area contributed by atoms with Gasteiger partial charge in [-0.2, -0.15) is 0 Å². The van der Waals surface area contributed by atoms with Gasteiger partial charge in [0.25, 0.3) is 0 Å². The molecule has 1 heterocycles. The molecule has 1 aromatic rings. The number of aryl methyl sites for hydroxylation is 1. The van der Waals surface area contributed by atoms with Crippen LogP contribution in [0.5, 0.6) is 0 Å². The Bertz CT molecular complexity index is 296. The van der Waals surface area contributed by atoms with Crippen LogP contribution < -0.4 is 5.32 Å². The van der Waals surface area contributed by atoms with Crippen LogP contribution in [0, 0.1) is 12.7 Å². The van der Waals surface area contributed by atoms with Crippen molar-refractivity contribution >= 4 is 0 Å². The standard InChI is InChI=1S/C12H16FN/c1-9-5-4-6-10(13)12(9)11-7-2-3-8-14-11/h4-6,11,14H,2-3,7-8H2,1H3. The Morgan fingerprint density at radius 2 is 2.21 bits per heavy atom. The van der Waals surface area contributed by atoms with E-state index in [0.717, 1.165) is 24.1 Å². The fraction of sp³-hybridized carbons (Fsp3) is 0.500. The van der Waals surface area contributed by atoms with Crippen molar-refractivity contribution in [2.75, 3.05) is 6.54 Å². The number of benzene rings is 1. The number of piperidine rings is 1. The summed E-state index contributed by atoms with van der Waals surface area (Å²) in [7, 11) is 0. The minimum Gasteiger partial charge on any atom is -0.310 e. The van der Waals surface area contributed by atoms with Crippen LogP contribution in [-0.2, 0) is 0 Å². The van der Waals surface area contributed by atoms with Crippen LogP contribution in [0.2, 0.25) is 0 Å². The van der Waals surface area contributed by atoms with Crippen LogP contribution >= 0.6 is 0 Å². The second-order valence-electron chi connectivity index (χ2n) is 3.97. The highest BCUT2D eigenvalue weighted by molar-refractivity contribution is 5.30. The summed E-state index contributed by atoms with van der Waals surface area (Å²) in [6.45, 7) is 2.99. The van der Waals surface area contributed by atoms with Gasteiger partial charge in [0.05, 0.1) is 0 Å². The molecule has 0 saturated carbocycles. The van der Waals surface area contributed by atoms with Gasteiger partial charge in [-0.1, -0.05) is 18.6 Å². The lowest BCUT2D eigenvalue weighted by Gasteiger charge is -2.25. The first-order valence-electron chi connectivity index (χ1n) is 5.27. The minimum atomic E-state index is -0.0654. The van der Waals surface area contributed by atoms with Crippen molar-refractivity contribution in [1.29, 1.82) is 0 Å². The molecule has 0 aromatic heterocycles. The van der Waals surface area contributed by atoms with E-state index < -0.39 is 0 Å². The molecule has 1 fully saturated rings. The average Bonchev–Trinajstić information content (AvgIpc) is 2.19. The van der Waals surface area contributed by atoms with E-state index >= 15 is 0 Å². The lowest BCUT2D eigenvalue weighted by atomic mass is 9.94. The molecule has 0 radical (unpaired) electrons. The van der Waals surface area contributed by atoms with Gasteiger partial charge in [0, 0.05) is 11.6 Å². The third kappa shape index (κ3) is 1.80. The molecule has 0 bridgehead atoms. The highest BCUT2D eigenvalue weighted by Crippen LogP contribution is 2.27. The van der Waals surface area contributed by atoms with Gasteiger partial charge in [-0.3, -0.25) is 0 Å². The van der Waals surface area contributed by atoms with Gasteiger partial charge in [0.15, 0.2) is 0 Å². The molecule has 0 aliphatic carbocycles. The van der Waals surface area contributed by atoms with Gasteiger partial charge in [-0.15, -0.1) is 0 Å². The van der Waals surface area contributed by atoms with E-state index in [0.29, 0.717) is 0 Å². The van der Waals surface area contributed by atoms with Crippen molar-refractivity contribution in [3.63, 3.8) is 0 Å². The fourth-order valence-electron chi connectivity index (χ4n) is 2.18. The van der Waals surface area contributed by atoms with Crippen LogP contribution in [0.3, 0.4) is 0 Å². The molecule has 1 nitrogen and oxygen atoms in total. The molecule has 2 heteroatoms. The molecule has 2 rings (SSSR count). The smallest absolute Gasteiger partial charge is 0.128 e. The molecule has 14 heavy (non-hydrogen) atoms. The zero-order valence-electron chi connectivity index (χ0n) is 8.52. The first-order valence-corrected chi connectivity index (χ1v) is 5.27. The summed E-state index contributed by atoms with van der Waals surface area (Å²) in [6.07, 6.45) is 3.47. The van der Waals surface area contributed by atoms with Crippen LogP contribution in [0.15, 0.2) is 18.2 Å². The Morgan fingerprint density at radius 1 is 1.36 bits per heavy atom. The van der Waals surface area contributed by atoms with Crippen molar-refractivity contribution in [1.82, 2.24) is 5.32 Å². The molecule has 1 aliphatic heterocycles. The average molecular weight is 193 g/mol.